The normalized spacial score (nSPS) is 10.5. The van der Waals surface area contributed by atoms with Crippen LogP contribution in [0.5, 0.6) is 0 Å². The standard InChI is InChI=1S/C10H16ClN3/c1-4-6-12-7-9-10(11)8(5-2)13-14(9)3/h4,12H,1,5-7H2,2-3H3. The SMILES string of the molecule is C=CCNCc1c(Cl)c(CC)nn1C. The third kappa shape index (κ3) is 2.36. The van der Waals surface area contributed by atoms with E-state index < -0.39 is 0 Å². The zero-order valence-corrected chi connectivity index (χ0v) is 9.43. The van der Waals surface area contributed by atoms with Crippen LogP contribution in [0.3, 0.4) is 0 Å². The Hall–Kier alpha value is -0.800. The minimum atomic E-state index is 0.731. The summed E-state index contributed by atoms with van der Waals surface area (Å²) >= 11 is 6.16. The first-order chi connectivity index (χ1) is 6.70. The summed E-state index contributed by atoms with van der Waals surface area (Å²) in [5.41, 5.74) is 2.00. The van der Waals surface area contributed by atoms with E-state index in [4.69, 9.17) is 11.6 Å². The topological polar surface area (TPSA) is 29.9 Å². The van der Waals surface area contributed by atoms with Crippen LogP contribution in [-0.2, 0) is 20.0 Å². The highest BCUT2D eigenvalue weighted by atomic mass is 35.5. The molecule has 0 saturated heterocycles. The Morgan fingerprint density at radius 2 is 2.36 bits per heavy atom. The lowest BCUT2D eigenvalue weighted by atomic mass is 10.3. The van der Waals surface area contributed by atoms with E-state index in [1.807, 2.05) is 17.8 Å². The van der Waals surface area contributed by atoms with Gasteiger partial charge in [0.25, 0.3) is 0 Å². The highest BCUT2D eigenvalue weighted by Gasteiger charge is 2.11. The summed E-state index contributed by atoms with van der Waals surface area (Å²) in [6, 6.07) is 0. The smallest absolute Gasteiger partial charge is 0.0863 e. The molecule has 4 heteroatoms. The molecular formula is C10H16ClN3. The van der Waals surface area contributed by atoms with Crippen molar-refractivity contribution in [3.05, 3.63) is 29.1 Å². The molecule has 1 heterocycles. The summed E-state index contributed by atoms with van der Waals surface area (Å²) in [5, 5.41) is 8.32. The van der Waals surface area contributed by atoms with E-state index in [-0.39, 0.29) is 0 Å². The number of hydrogen-bond acceptors (Lipinski definition) is 2. The predicted octanol–water partition coefficient (Wildman–Crippen LogP) is 1.91. The Morgan fingerprint density at radius 1 is 1.64 bits per heavy atom. The van der Waals surface area contributed by atoms with Crippen molar-refractivity contribution in [1.29, 1.82) is 0 Å². The first-order valence-electron chi connectivity index (χ1n) is 4.72. The second-order valence-corrected chi connectivity index (χ2v) is 3.48. The lowest BCUT2D eigenvalue weighted by molar-refractivity contribution is 0.650. The fourth-order valence-corrected chi connectivity index (χ4v) is 1.67. The zero-order valence-electron chi connectivity index (χ0n) is 8.68. The van der Waals surface area contributed by atoms with Crippen molar-refractivity contribution in [2.45, 2.75) is 19.9 Å². The Bertz CT molecular complexity index is 317. The second-order valence-electron chi connectivity index (χ2n) is 3.10. The molecule has 0 fully saturated rings. The van der Waals surface area contributed by atoms with Crippen molar-refractivity contribution in [1.82, 2.24) is 15.1 Å². The molecular weight excluding hydrogens is 198 g/mol. The lowest BCUT2D eigenvalue weighted by Gasteiger charge is -2.02. The van der Waals surface area contributed by atoms with Crippen molar-refractivity contribution in [2.75, 3.05) is 6.54 Å². The van der Waals surface area contributed by atoms with Crippen LogP contribution in [0.4, 0.5) is 0 Å². The van der Waals surface area contributed by atoms with Crippen molar-refractivity contribution in [3.8, 4) is 0 Å². The molecule has 1 aromatic heterocycles. The summed E-state index contributed by atoms with van der Waals surface area (Å²) < 4.78 is 1.83. The van der Waals surface area contributed by atoms with Crippen molar-refractivity contribution in [3.63, 3.8) is 0 Å². The number of nitrogens with one attached hydrogen (secondary N) is 1. The molecule has 0 atom stereocenters. The molecule has 0 aliphatic heterocycles. The van der Waals surface area contributed by atoms with Crippen molar-refractivity contribution in [2.24, 2.45) is 7.05 Å². The molecule has 0 aliphatic rings. The summed E-state index contributed by atoms with van der Waals surface area (Å²) in [5.74, 6) is 0. The molecule has 78 valence electrons. The van der Waals surface area contributed by atoms with E-state index in [1.54, 1.807) is 0 Å². The van der Waals surface area contributed by atoms with Gasteiger partial charge in [-0.15, -0.1) is 6.58 Å². The van der Waals surface area contributed by atoms with Gasteiger partial charge < -0.3 is 5.32 Å². The van der Waals surface area contributed by atoms with E-state index in [2.05, 4.69) is 23.9 Å². The molecule has 0 spiro atoms. The van der Waals surface area contributed by atoms with Crippen LogP contribution in [0.25, 0.3) is 0 Å². The predicted molar refractivity (Wildman–Crippen MR) is 59.5 cm³/mol. The largest absolute Gasteiger partial charge is 0.308 e. The van der Waals surface area contributed by atoms with Gasteiger partial charge in [0.15, 0.2) is 0 Å². The average molecular weight is 214 g/mol. The van der Waals surface area contributed by atoms with Crippen LogP contribution in [0.1, 0.15) is 18.3 Å². The van der Waals surface area contributed by atoms with Crippen LogP contribution in [-0.4, -0.2) is 16.3 Å². The minimum Gasteiger partial charge on any atom is -0.308 e. The third-order valence-corrected chi connectivity index (χ3v) is 2.52. The van der Waals surface area contributed by atoms with E-state index in [9.17, 15) is 0 Å². The maximum absolute atomic E-state index is 6.16. The van der Waals surface area contributed by atoms with Gasteiger partial charge in [-0.3, -0.25) is 4.68 Å². The molecule has 0 saturated carbocycles. The van der Waals surface area contributed by atoms with Crippen LogP contribution in [0, 0.1) is 0 Å². The number of aryl methyl sites for hydroxylation is 2. The second kappa shape index (κ2) is 5.17. The van der Waals surface area contributed by atoms with Crippen LogP contribution in [0.2, 0.25) is 5.02 Å². The molecule has 0 aromatic carbocycles. The van der Waals surface area contributed by atoms with Gasteiger partial charge in [0.1, 0.15) is 0 Å². The molecule has 0 unspecified atom stereocenters. The van der Waals surface area contributed by atoms with E-state index in [0.29, 0.717) is 0 Å². The first kappa shape index (κ1) is 11.3. The monoisotopic (exact) mass is 213 g/mol. The van der Waals surface area contributed by atoms with Gasteiger partial charge in [0.05, 0.1) is 16.4 Å². The van der Waals surface area contributed by atoms with Gasteiger partial charge in [-0.2, -0.15) is 5.10 Å². The van der Waals surface area contributed by atoms with Gasteiger partial charge in [-0.05, 0) is 6.42 Å². The maximum Gasteiger partial charge on any atom is 0.0863 e. The minimum absolute atomic E-state index is 0.731. The molecule has 0 amide bonds. The van der Waals surface area contributed by atoms with Gasteiger partial charge in [0.2, 0.25) is 0 Å². The third-order valence-electron chi connectivity index (χ3n) is 2.08. The van der Waals surface area contributed by atoms with Crippen LogP contribution in [0.15, 0.2) is 12.7 Å². The average Bonchev–Trinajstić information content (AvgIpc) is 2.45. The van der Waals surface area contributed by atoms with Gasteiger partial charge in [0, 0.05) is 20.1 Å². The molecule has 0 bridgehead atoms. The van der Waals surface area contributed by atoms with E-state index >= 15 is 0 Å². The quantitative estimate of drug-likeness (QED) is 0.598. The fraction of sp³-hybridized carbons (Fsp3) is 0.500. The Labute approximate surface area is 89.8 Å². The van der Waals surface area contributed by atoms with Crippen LogP contribution >= 0.6 is 11.6 Å². The first-order valence-corrected chi connectivity index (χ1v) is 5.10. The number of hydrogen-bond donors (Lipinski definition) is 1. The van der Waals surface area contributed by atoms with E-state index in [1.165, 1.54) is 0 Å². The molecule has 1 rings (SSSR count). The lowest BCUT2D eigenvalue weighted by Crippen LogP contribution is -2.15. The number of halogens is 1. The van der Waals surface area contributed by atoms with Gasteiger partial charge in [-0.25, -0.2) is 0 Å². The fourth-order valence-electron chi connectivity index (χ4n) is 1.30. The summed E-state index contributed by atoms with van der Waals surface area (Å²) in [6.45, 7) is 7.20. The molecule has 0 radical (unpaired) electrons. The molecule has 14 heavy (non-hydrogen) atoms. The zero-order chi connectivity index (χ0) is 10.6. The van der Waals surface area contributed by atoms with Gasteiger partial charge in [-0.1, -0.05) is 24.6 Å². The number of nitrogens with zero attached hydrogens (tertiary/aromatic N) is 2. The Balaban J connectivity index is 2.74. The van der Waals surface area contributed by atoms with Crippen molar-refractivity contribution < 1.29 is 0 Å². The molecule has 0 aliphatic carbocycles. The molecule has 3 nitrogen and oxygen atoms in total. The molecule has 1 aromatic rings. The van der Waals surface area contributed by atoms with Gasteiger partial charge >= 0.3 is 0 Å². The summed E-state index contributed by atoms with van der Waals surface area (Å²) in [6.07, 6.45) is 2.69. The summed E-state index contributed by atoms with van der Waals surface area (Å²) in [7, 11) is 1.91. The van der Waals surface area contributed by atoms with Crippen LogP contribution < -0.4 is 5.32 Å². The maximum atomic E-state index is 6.16. The highest BCUT2D eigenvalue weighted by molar-refractivity contribution is 6.31. The number of rotatable bonds is 5. The molecule has 1 N–H and O–H groups in total. The highest BCUT2D eigenvalue weighted by Crippen LogP contribution is 2.20. The van der Waals surface area contributed by atoms with E-state index in [0.717, 1.165) is 35.9 Å². The Morgan fingerprint density at radius 3 is 2.86 bits per heavy atom. The Kier molecular flexibility index (Phi) is 4.17. The van der Waals surface area contributed by atoms with Crippen molar-refractivity contribution >= 4 is 11.6 Å². The number of aromatic nitrogens is 2. The summed E-state index contributed by atoms with van der Waals surface area (Å²) in [4.78, 5) is 0.